The minimum absolute atomic E-state index is 0.0782. The van der Waals surface area contributed by atoms with Crippen molar-refractivity contribution in [3.63, 3.8) is 0 Å². The molecule has 6 rings (SSSR count). The molecule has 0 bridgehead atoms. The second-order valence-corrected chi connectivity index (χ2v) is 13.7. The summed E-state index contributed by atoms with van der Waals surface area (Å²) in [6.07, 6.45) is 7.28. The number of aliphatic hydroxyl groups is 1. The van der Waals surface area contributed by atoms with Crippen LogP contribution in [0.5, 0.6) is 5.88 Å². The number of aromatic nitrogens is 3. The molecule has 1 amide bonds. The van der Waals surface area contributed by atoms with Crippen LogP contribution in [0.1, 0.15) is 90.4 Å². The number of fused-ring (bicyclic) bond motifs is 2. The Kier molecular flexibility index (Phi) is 7.43. The summed E-state index contributed by atoms with van der Waals surface area (Å²) in [7, 11) is 0. The average molecular weight is 582 g/mol. The maximum atomic E-state index is 13.2. The van der Waals surface area contributed by atoms with Crippen LogP contribution in [0, 0.1) is 5.41 Å². The molecule has 42 heavy (non-hydrogen) atoms. The minimum Gasteiger partial charge on any atom is -0.477 e. The van der Waals surface area contributed by atoms with Crippen LogP contribution in [0.2, 0.25) is 0 Å². The fraction of sp³-hybridized carbons (Fsp3) is 0.710. The molecule has 3 fully saturated rings. The van der Waals surface area contributed by atoms with E-state index in [1.165, 1.54) is 0 Å². The van der Waals surface area contributed by atoms with Gasteiger partial charge in [0.1, 0.15) is 17.2 Å². The zero-order valence-corrected chi connectivity index (χ0v) is 25.3. The highest BCUT2D eigenvalue weighted by atomic mass is 16.6. The summed E-state index contributed by atoms with van der Waals surface area (Å²) in [5.74, 6) is 2.45. The second kappa shape index (κ2) is 10.8. The Bertz CT molecular complexity index is 1350. The van der Waals surface area contributed by atoms with Crippen molar-refractivity contribution in [2.75, 3.05) is 37.7 Å². The predicted molar refractivity (Wildman–Crippen MR) is 154 cm³/mol. The van der Waals surface area contributed by atoms with Crippen molar-refractivity contribution in [1.82, 2.24) is 20.0 Å². The highest BCUT2D eigenvalue weighted by Gasteiger charge is 2.49. The van der Waals surface area contributed by atoms with Crippen molar-refractivity contribution in [2.24, 2.45) is 5.41 Å². The van der Waals surface area contributed by atoms with Crippen LogP contribution in [0.4, 0.5) is 10.6 Å². The SMILES string of the molecule is C[C@@H]1CN(c2cc(OCC3(CO)CC3)nc(-c3noc4c3CCC[C@@]43CCCCC3=O)n2)CCN1C(=O)OC(C)(C)C. The normalized spacial score (nSPS) is 25.4. The lowest BCUT2D eigenvalue weighted by molar-refractivity contribution is -0.128. The van der Waals surface area contributed by atoms with Crippen LogP contribution in [0.15, 0.2) is 10.6 Å². The topological polar surface area (TPSA) is 131 Å². The van der Waals surface area contributed by atoms with Gasteiger partial charge < -0.3 is 28.9 Å². The van der Waals surface area contributed by atoms with Crippen molar-refractivity contribution in [3.8, 4) is 17.4 Å². The number of Topliss-reactive ketones (excluding diaryl/α,β-unsaturated/α-hetero) is 1. The van der Waals surface area contributed by atoms with Gasteiger partial charge in [0.2, 0.25) is 5.88 Å². The monoisotopic (exact) mass is 581 g/mol. The Balaban J connectivity index is 1.31. The molecule has 2 aromatic heterocycles. The number of piperazine rings is 1. The van der Waals surface area contributed by atoms with E-state index in [0.717, 1.165) is 56.9 Å². The van der Waals surface area contributed by atoms with Gasteiger partial charge >= 0.3 is 6.09 Å². The summed E-state index contributed by atoms with van der Waals surface area (Å²) in [6, 6.07) is 1.73. The molecular formula is C31H43N5O6. The van der Waals surface area contributed by atoms with Gasteiger partial charge in [0.05, 0.1) is 18.6 Å². The minimum atomic E-state index is -0.582. The van der Waals surface area contributed by atoms with E-state index in [9.17, 15) is 14.7 Å². The summed E-state index contributed by atoms with van der Waals surface area (Å²) in [4.78, 5) is 39.6. The third-order valence-electron chi connectivity index (χ3n) is 9.34. The molecule has 11 heteroatoms. The molecule has 4 aliphatic rings. The molecule has 2 aromatic rings. The number of amides is 1. The van der Waals surface area contributed by atoms with Crippen LogP contribution in [-0.2, 0) is 21.4 Å². The number of carbonyl (C=O) groups is 2. The molecule has 0 aromatic carbocycles. The van der Waals surface area contributed by atoms with Crippen LogP contribution in [0.25, 0.3) is 11.5 Å². The number of ketones is 1. The highest BCUT2D eigenvalue weighted by molar-refractivity contribution is 5.91. The third kappa shape index (κ3) is 5.47. The van der Waals surface area contributed by atoms with Gasteiger partial charge in [-0.25, -0.2) is 9.78 Å². The zero-order valence-electron chi connectivity index (χ0n) is 25.3. The van der Waals surface area contributed by atoms with Crippen molar-refractivity contribution >= 4 is 17.7 Å². The maximum absolute atomic E-state index is 13.2. The molecule has 1 aliphatic heterocycles. The van der Waals surface area contributed by atoms with Gasteiger partial charge in [0.25, 0.3) is 0 Å². The Morgan fingerprint density at radius 3 is 2.60 bits per heavy atom. The fourth-order valence-electron chi connectivity index (χ4n) is 6.63. The van der Waals surface area contributed by atoms with E-state index in [4.69, 9.17) is 24.0 Å². The van der Waals surface area contributed by atoms with Gasteiger partial charge in [-0.2, -0.15) is 4.98 Å². The lowest BCUT2D eigenvalue weighted by atomic mass is 9.64. The van der Waals surface area contributed by atoms with Crippen LogP contribution in [0.3, 0.4) is 0 Å². The van der Waals surface area contributed by atoms with Gasteiger partial charge in [0.15, 0.2) is 17.3 Å². The highest BCUT2D eigenvalue weighted by Crippen LogP contribution is 2.48. The van der Waals surface area contributed by atoms with Crippen molar-refractivity contribution in [3.05, 3.63) is 17.4 Å². The molecule has 228 valence electrons. The number of carbonyl (C=O) groups excluding carboxylic acids is 2. The van der Waals surface area contributed by atoms with Crippen molar-refractivity contribution in [2.45, 2.75) is 103 Å². The van der Waals surface area contributed by atoms with Gasteiger partial charge in [-0.05, 0) is 72.6 Å². The molecule has 3 heterocycles. The summed E-state index contributed by atoms with van der Waals surface area (Å²) >= 11 is 0. The van der Waals surface area contributed by atoms with E-state index in [0.29, 0.717) is 61.6 Å². The smallest absolute Gasteiger partial charge is 0.410 e. The Morgan fingerprint density at radius 2 is 1.90 bits per heavy atom. The van der Waals surface area contributed by atoms with Crippen LogP contribution >= 0.6 is 0 Å². The van der Waals surface area contributed by atoms with E-state index in [1.54, 1.807) is 4.90 Å². The van der Waals surface area contributed by atoms with Crippen LogP contribution in [-0.4, -0.2) is 81.5 Å². The van der Waals surface area contributed by atoms with Gasteiger partial charge in [0, 0.05) is 49.1 Å². The molecule has 0 unspecified atom stereocenters. The number of nitrogens with zero attached hydrogens (tertiary/aromatic N) is 5. The summed E-state index contributed by atoms with van der Waals surface area (Å²) in [5.41, 5.74) is 0.141. The predicted octanol–water partition coefficient (Wildman–Crippen LogP) is 4.45. The van der Waals surface area contributed by atoms with Crippen LogP contribution < -0.4 is 9.64 Å². The fourth-order valence-corrected chi connectivity index (χ4v) is 6.63. The Morgan fingerprint density at radius 1 is 1.12 bits per heavy atom. The molecule has 3 aliphatic carbocycles. The number of hydrogen-bond acceptors (Lipinski definition) is 10. The number of anilines is 1. The number of hydrogen-bond donors (Lipinski definition) is 1. The van der Waals surface area contributed by atoms with E-state index in [2.05, 4.69) is 10.1 Å². The van der Waals surface area contributed by atoms with Crippen molar-refractivity contribution < 1.29 is 28.7 Å². The van der Waals surface area contributed by atoms with E-state index in [-0.39, 0.29) is 29.9 Å². The standard InChI is InChI=1S/C31H43N5O6/c1-20-17-35(14-15-36(20)28(39)41-29(2,3)4)23-16-24(40-19-30(18-37)12-13-30)33-27(32-23)25-21-8-7-11-31(26(21)42-34-25)10-6-5-9-22(31)38/h16,20,37H,5-15,17-19H2,1-4H3/t20-,31-/m1/s1. The lowest BCUT2D eigenvalue weighted by Crippen LogP contribution is -2.55. The first-order valence-corrected chi connectivity index (χ1v) is 15.4. The third-order valence-corrected chi connectivity index (χ3v) is 9.34. The summed E-state index contributed by atoms with van der Waals surface area (Å²) < 4.78 is 17.8. The first-order valence-electron chi connectivity index (χ1n) is 15.4. The maximum Gasteiger partial charge on any atom is 0.410 e. The van der Waals surface area contributed by atoms with Gasteiger partial charge in [-0.3, -0.25) is 4.79 Å². The van der Waals surface area contributed by atoms with E-state index in [1.807, 2.05) is 33.8 Å². The molecular weight excluding hydrogens is 538 g/mol. The first kappa shape index (κ1) is 28.9. The number of aliphatic hydroxyl groups excluding tert-OH is 1. The van der Waals surface area contributed by atoms with Gasteiger partial charge in [-0.1, -0.05) is 11.6 Å². The molecule has 11 nitrogen and oxygen atoms in total. The molecule has 1 saturated heterocycles. The molecule has 1 N–H and O–H groups in total. The number of rotatable bonds is 6. The quantitative estimate of drug-likeness (QED) is 0.522. The molecule has 0 radical (unpaired) electrons. The average Bonchev–Trinajstić information content (AvgIpc) is 3.61. The Hall–Kier alpha value is -3.21. The lowest BCUT2D eigenvalue weighted by Gasteiger charge is -2.40. The first-order chi connectivity index (χ1) is 20.0. The van der Waals surface area contributed by atoms with Gasteiger partial charge in [-0.15, -0.1) is 0 Å². The number of ether oxygens (including phenoxy) is 2. The molecule has 1 spiro atoms. The summed E-state index contributed by atoms with van der Waals surface area (Å²) in [6.45, 7) is 9.67. The molecule has 2 atom stereocenters. The Labute approximate surface area is 246 Å². The second-order valence-electron chi connectivity index (χ2n) is 13.7. The zero-order chi connectivity index (χ0) is 29.7. The molecule has 2 saturated carbocycles. The summed E-state index contributed by atoms with van der Waals surface area (Å²) in [5, 5.41) is 14.3. The van der Waals surface area contributed by atoms with E-state index < -0.39 is 11.0 Å². The largest absolute Gasteiger partial charge is 0.477 e. The van der Waals surface area contributed by atoms with E-state index >= 15 is 0 Å². The van der Waals surface area contributed by atoms with Crippen molar-refractivity contribution in [1.29, 1.82) is 0 Å².